The van der Waals surface area contributed by atoms with E-state index in [0.717, 1.165) is 13.1 Å². The number of β-amino-alcohol motifs (C(OH)–C–C–N with tert-alkyl or cyclic N) is 1. The summed E-state index contributed by atoms with van der Waals surface area (Å²) in [4.78, 5) is 25.0. The molecule has 2 heterocycles. The molecule has 0 spiro atoms. The minimum absolute atomic E-state index is 0.132. The molecule has 0 aromatic heterocycles. The van der Waals surface area contributed by atoms with Gasteiger partial charge < -0.3 is 20.4 Å². The van der Waals surface area contributed by atoms with Gasteiger partial charge in [-0.05, 0) is 25.9 Å². The number of amides is 1. The van der Waals surface area contributed by atoms with Crippen LogP contribution in [0.2, 0.25) is 0 Å². The van der Waals surface area contributed by atoms with Crippen molar-refractivity contribution < 1.29 is 19.8 Å². The number of likely N-dealkylation sites (tertiary alicyclic amines) is 1. The molecule has 2 saturated heterocycles. The number of piperidine rings is 1. The van der Waals surface area contributed by atoms with E-state index in [9.17, 15) is 14.7 Å². The van der Waals surface area contributed by atoms with Gasteiger partial charge in [0.05, 0.1) is 6.10 Å². The van der Waals surface area contributed by atoms with E-state index in [1.807, 2.05) is 6.92 Å². The molecule has 2 fully saturated rings. The molecule has 2 rings (SSSR count). The third-order valence-electron chi connectivity index (χ3n) is 4.05. The summed E-state index contributed by atoms with van der Waals surface area (Å²) in [6.07, 6.45) is 0.839. The maximum Gasteiger partial charge on any atom is 0.326 e. The van der Waals surface area contributed by atoms with Crippen LogP contribution in [0.15, 0.2) is 0 Å². The first-order chi connectivity index (χ1) is 8.44. The summed E-state index contributed by atoms with van der Waals surface area (Å²) >= 11 is 0. The summed E-state index contributed by atoms with van der Waals surface area (Å²) in [6.45, 7) is 3.57. The van der Waals surface area contributed by atoms with Crippen LogP contribution in [0, 0.1) is 5.41 Å². The Hall–Kier alpha value is -1.14. The van der Waals surface area contributed by atoms with Crippen molar-refractivity contribution in [3.8, 4) is 0 Å². The van der Waals surface area contributed by atoms with Crippen molar-refractivity contribution in [3.63, 3.8) is 0 Å². The smallest absolute Gasteiger partial charge is 0.326 e. The molecule has 0 unspecified atom stereocenters. The second-order valence-electron chi connectivity index (χ2n) is 5.51. The number of carboxylic acid groups (broad SMARTS) is 1. The van der Waals surface area contributed by atoms with Gasteiger partial charge >= 0.3 is 5.97 Å². The van der Waals surface area contributed by atoms with Crippen molar-refractivity contribution in [1.29, 1.82) is 0 Å². The Morgan fingerprint density at radius 3 is 2.50 bits per heavy atom. The molecule has 0 bridgehead atoms. The number of carbonyl (C=O) groups is 2. The molecular formula is C12H20N2O4. The van der Waals surface area contributed by atoms with Gasteiger partial charge in [-0.15, -0.1) is 0 Å². The topological polar surface area (TPSA) is 89.9 Å². The average Bonchev–Trinajstić information content (AvgIpc) is 2.71. The second kappa shape index (κ2) is 4.85. The van der Waals surface area contributed by atoms with Gasteiger partial charge in [0.15, 0.2) is 0 Å². The number of carbonyl (C=O) groups excluding carboxylic acids is 1. The average molecular weight is 256 g/mol. The Kier molecular flexibility index (Phi) is 3.59. The fourth-order valence-electron chi connectivity index (χ4n) is 2.81. The highest BCUT2D eigenvalue weighted by Gasteiger charge is 2.45. The van der Waals surface area contributed by atoms with E-state index in [2.05, 4.69) is 5.32 Å². The van der Waals surface area contributed by atoms with Gasteiger partial charge in [0, 0.05) is 18.4 Å². The summed E-state index contributed by atoms with van der Waals surface area (Å²) in [5, 5.41) is 21.9. The molecule has 0 aromatic rings. The molecule has 6 nitrogen and oxygen atoms in total. The van der Waals surface area contributed by atoms with Crippen molar-refractivity contribution in [3.05, 3.63) is 0 Å². The molecule has 6 heteroatoms. The zero-order valence-electron chi connectivity index (χ0n) is 10.6. The van der Waals surface area contributed by atoms with Crippen LogP contribution in [0.25, 0.3) is 0 Å². The molecule has 3 N–H and O–H groups in total. The van der Waals surface area contributed by atoms with Gasteiger partial charge in [-0.25, -0.2) is 4.79 Å². The first-order valence-corrected chi connectivity index (χ1v) is 6.37. The zero-order chi connectivity index (χ0) is 13.3. The molecule has 0 aliphatic carbocycles. The maximum absolute atomic E-state index is 12.5. The van der Waals surface area contributed by atoms with E-state index < -0.39 is 23.5 Å². The SMILES string of the molecule is CC1(C(=O)N2C[C@H](O)C[C@@H]2C(=O)O)CCNCC1. The fraction of sp³-hybridized carbons (Fsp3) is 0.833. The Bertz CT molecular complexity index is 352. The highest BCUT2D eigenvalue weighted by Crippen LogP contribution is 2.33. The molecular weight excluding hydrogens is 236 g/mol. The van der Waals surface area contributed by atoms with Crippen LogP contribution >= 0.6 is 0 Å². The number of hydrogen-bond donors (Lipinski definition) is 3. The number of rotatable bonds is 2. The quantitative estimate of drug-likeness (QED) is 0.615. The van der Waals surface area contributed by atoms with Crippen molar-refractivity contribution in [2.24, 2.45) is 5.41 Å². The summed E-state index contributed by atoms with van der Waals surface area (Å²) in [5.74, 6) is -1.16. The fourth-order valence-corrected chi connectivity index (χ4v) is 2.81. The molecule has 0 aromatic carbocycles. The molecule has 102 valence electrons. The maximum atomic E-state index is 12.5. The Morgan fingerprint density at radius 1 is 1.33 bits per heavy atom. The Labute approximate surface area is 106 Å². The largest absolute Gasteiger partial charge is 0.480 e. The van der Waals surface area contributed by atoms with Gasteiger partial charge in [-0.1, -0.05) is 6.92 Å². The third-order valence-corrected chi connectivity index (χ3v) is 4.05. The number of nitrogens with one attached hydrogen (secondary N) is 1. The highest BCUT2D eigenvalue weighted by atomic mass is 16.4. The number of aliphatic carboxylic acids is 1. The Morgan fingerprint density at radius 2 is 1.94 bits per heavy atom. The lowest BCUT2D eigenvalue weighted by molar-refractivity contribution is -0.153. The van der Waals surface area contributed by atoms with Gasteiger partial charge in [0.2, 0.25) is 5.91 Å². The first kappa shape index (κ1) is 13.3. The number of hydrogen-bond acceptors (Lipinski definition) is 4. The number of aliphatic hydroxyl groups is 1. The summed E-state index contributed by atoms with van der Waals surface area (Å²) < 4.78 is 0. The van der Waals surface area contributed by atoms with Crippen LogP contribution in [-0.4, -0.2) is 58.8 Å². The number of nitrogens with zero attached hydrogens (tertiary/aromatic N) is 1. The van der Waals surface area contributed by atoms with E-state index >= 15 is 0 Å². The van der Waals surface area contributed by atoms with Crippen LogP contribution in [0.5, 0.6) is 0 Å². The monoisotopic (exact) mass is 256 g/mol. The van der Waals surface area contributed by atoms with Crippen molar-refractivity contribution >= 4 is 11.9 Å². The lowest BCUT2D eigenvalue weighted by Crippen LogP contribution is -2.51. The van der Waals surface area contributed by atoms with E-state index in [0.29, 0.717) is 12.8 Å². The van der Waals surface area contributed by atoms with E-state index in [1.54, 1.807) is 0 Å². The van der Waals surface area contributed by atoms with Crippen molar-refractivity contribution in [2.45, 2.75) is 38.3 Å². The molecule has 1 amide bonds. The molecule has 18 heavy (non-hydrogen) atoms. The van der Waals surface area contributed by atoms with Crippen LogP contribution < -0.4 is 5.32 Å². The Balaban J connectivity index is 2.14. The predicted octanol–water partition coefficient (Wildman–Crippen LogP) is -0.577. The third kappa shape index (κ3) is 2.35. The van der Waals surface area contributed by atoms with E-state index in [-0.39, 0.29) is 18.9 Å². The molecule has 2 aliphatic heterocycles. The van der Waals surface area contributed by atoms with Gasteiger partial charge in [0.25, 0.3) is 0 Å². The van der Waals surface area contributed by atoms with Crippen LogP contribution in [0.3, 0.4) is 0 Å². The van der Waals surface area contributed by atoms with Gasteiger partial charge in [-0.2, -0.15) is 0 Å². The minimum Gasteiger partial charge on any atom is -0.480 e. The second-order valence-corrected chi connectivity index (χ2v) is 5.51. The highest BCUT2D eigenvalue weighted by molar-refractivity contribution is 5.88. The first-order valence-electron chi connectivity index (χ1n) is 6.37. The molecule has 0 radical (unpaired) electrons. The minimum atomic E-state index is -1.03. The van der Waals surface area contributed by atoms with Crippen LogP contribution in [0.1, 0.15) is 26.2 Å². The standard InChI is InChI=1S/C12H20N2O4/c1-12(2-4-13-5-3-12)11(18)14-7-8(15)6-9(14)10(16)17/h8-9,13,15H,2-7H2,1H3,(H,16,17)/t8-,9-/m1/s1. The summed E-state index contributed by atoms with van der Waals surface area (Å²) in [5.41, 5.74) is -0.497. The predicted molar refractivity (Wildman–Crippen MR) is 64.0 cm³/mol. The lowest BCUT2D eigenvalue weighted by atomic mass is 9.79. The number of carboxylic acids is 1. The van der Waals surface area contributed by atoms with Crippen LogP contribution in [-0.2, 0) is 9.59 Å². The molecule has 0 saturated carbocycles. The van der Waals surface area contributed by atoms with Crippen LogP contribution in [0.4, 0.5) is 0 Å². The number of aliphatic hydroxyl groups excluding tert-OH is 1. The lowest BCUT2D eigenvalue weighted by Gasteiger charge is -2.37. The summed E-state index contributed by atoms with van der Waals surface area (Å²) in [7, 11) is 0. The van der Waals surface area contributed by atoms with Gasteiger partial charge in [-0.3, -0.25) is 4.79 Å². The zero-order valence-corrected chi connectivity index (χ0v) is 10.6. The van der Waals surface area contributed by atoms with E-state index in [4.69, 9.17) is 5.11 Å². The van der Waals surface area contributed by atoms with Crippen molar-refractivity contribution in [2.75, 3.05) is 19.6 Å². The van der Waals surface area contributed by atoms with Crippen molar-refractivity contribution in [1.82, 2.24) is 10.2 Å². The van der Waals surface area contributed by atoms with E-state index in [1.165, 1.54) is 4.90 Å². The molecule has 2 aliphatic rings. The molecule has 2 atom stereocenters. The summed E-state index contributed by atoms with van der Waals surface area (Å²) in [6, 6.07) is -0.876. The van der Waals surface area contributed by atoms with Gasteiger partial charge in [0.1, 0.15) is 6.04 Å². The normalized spacial score (nSPS) is 31.3.